The first-order valence-electron chi connectivity index (χ1n) is 6.87. The third-order valence-corrected chi connectivity index (χ3v) is 4.91. The molecule has 2 aliphatic rings. The molecule has 102 valence electrons. The molecule has 2 fully saturated rings. The molecule has 0 saturated heterocycles. The fourth-order valence-electron chi connectivity index (χ4n) is 3.49. The summed E-state index contributed by atoms with van der Waals surface area (Å²) in [7, 11) is 1.86. The van der Waals surface area contributed by atoms with E-state index < -0.39 is 0 Å². The average Bonchev–Trinajstić information content (AvgIpc) is 2.85. The number of anilines is 1. The van der Waals surface area contributed by atoms with Crippen molar-refractivity contribution in [1.82, 2.24) is 4.90 Å². The minimum atomic E-state index is 0.271. The number of benzene rings is 1. The number of rotatable bonds is 3. The van der Waals surface area contributed by atoms with Gasteiger partial charge in [-0.25, -0.2) is 0 Å². The SMILES string of the molecule is CN(Cc1cc(N)ccc1Cl)C(=O)C1C2CCCC21. The Morgan fingerprint density at radius 2 is 2.11 bits per heavy atom. The molecule has 3 nitrogen and oxygen atoms in total. The monoisotopic (exact) mass is 278 g/mol. The lowest BCUT2D eigenvalue weighted by molar-refractivity contribution is -0.132. The summed E-state index contributed by atoms with van der Waals surface area (Å²) in [4.78, 5) is 14.2. The van der Waals surface area contributed by atoms with Gasteiger partial charge in [-0.05, 0) is 48.4 Å². The molecule has 1 aromatic carbocycles. The van der Waals surface area contributed by atoms with Crippen LogP contribution in [0.4, 0.5) is 5.69 Å². The summed E-state index contributed by atoms with van der Waals surface area (Å²) in [5.74, 6) is 1.87. The van der Waals surface area contributed by atoms with E-state index in [1.807, 2.05) is 13.1 Å². The van der Waals surface area contributed by atoms with Gasteiger partial charge in [0.05, 0.1) is 0 Å². The van der Waals surface area contributed by atoms with Gasteiger partial charge in [-0.3, -0.25) is 4.79 Å². The van der Waals surface area contributed by atoms with Crippen LogP contribution in [-0.4, -0.2) is 17.9 Å². The van der Waals surface area contributed by atoms with Crippen LogP contribution in [0.2, 0.25) is 5.02 Å². The molecule has 2 saturated carbocycles. The van der Waals surface area contributed by atoms with Crippen LogP contribution < -0.4 is 5.73 Å². The summed E-state index contributed by atoms with van der Waals surface area (Å²) in [6.45, 7) is 0.540. The number of halogens is 1. The minimum absolute atomic E-state index is 0.271. The van der Waals surface area contributed by atoms with Crippen molar-refractivity contribution >= 4 is 23.2 Å². The number of carbonyl (C=O) groups excluding carboxylic acids is 1. The summed E-state index contributed by atoms with van der Waals surface area (Å²) >= 11 is 6.14. The maximum Gasteiger partial charge on any atom is 0.226 e. The molecule has 0 heterocycles. The number of nitrogens with two attached hydrogens (primary N) is 1. The van der Waals surface area contributed by atoms with Crippen molar-refractivity contribution in [3.8, 4) is 0 Å². The Balaban J connectivity index is 1.66. The van der Waals surface area contributed by atoms with E-state index in [1.165, 1.54) is 19.3 Å². The highest BCUT2D eigenvalue weighted by molar-refractivity contribution is 6.31. The van der Waals surface area contributed by atoms with E-state index in [0.717, 1.165) is 5.56 Å². The standard InChI is InChI=1S/C15H19ClN2O/c1-18(8-9-7-10(17)5-6-13(9)16)15(19)14-11-3-2-4-12(11)14/h5-7,11-12,14H,2-4,8,17H2,1H3. The Hall–Kier alpha value is -1.22. The molecule has 4 heteroatoms. The fourth-order valence-corrected chi connectivity index (χ4v) is 3.67. The molecule has 2 N–H and O–H groups in total. The van der Waals surface area contributed by atoms with Crippen molar-refractivity contribution in [1.29, 1.82) is 0 Å². The van der Waals surface area contributed by atoms with E-state index >= 15 is 0 Å². The van der Waals surface area contributed by atoms with Crippen LogP contribution in [0, 0.1) is 17.8 Å². The molecule has 2 aliphatic carbocycles. The molecule has 0 aliphatic heterocycles. The van der Waals surface area contributed by atoms with E-state index in [9.17, 15) is 4.79 Å². The molecule has 2 unspecified atom stereocenters. The van der Waals surface area contributed by atoms with E-state index in [0.29, 0.717) is 29.1 Å². The van der Waals surface area contributed by atoms with Gasteiger partial charge in [-0.1, -0.05) is 18.0 Å². The van der Waals surface area contributed by atoms with Gasteiger partial charge in [-0.2, -0.15) is 0 Å². The van der Waals surface area contributed by atoms with E-state index in [-0.39, 0.29) is 11.8 Å². The molecule has 0 radical (unpaired) electrons. The van der Waals surface area contributed by atoms with Crippen molar-refractivity contribution in [2.24, 2.45) is 17.8 Å². The van der Waals surface area contributed by atoms with Crippen LogP contribution in [0.25, 0.3) is 0 Å². The zero-order valence-corrected chi connectivity index (χ0v) is 11.9. The fraction of sp³-hybridized carbons (Fsp3) is 0.533. The normalized spacial score (nSPS) is 28.0. The summed E-state index contributed by atoms with van der Waals surface area (Å²) in [5.41, 5.74) is 7.37. The van der Waals surface area contributed by atoms with Crippen LogP contribution in [-0.2, 0) is 11.3 Å². The van der Waals surface area contributed by atoms with Crippen LogP contribution >= 0.6 is 11.6 Å². The maximum absolute atomic E-state index is 12.4. The van der Waals surface area contributed by atoms with E-state index in [4.69, 9.17) is 17.3 Å². The molecular weight excluding hydrogens is 260 g/mol. The van der Waals surface area contributed by atoms with Crippen molar-refractivity contribution in [2.75, 3.05) is 12.8 Å². The van der Waals surface area contributed by atoms with Crippen LogP contribution in [0.15, 0.2) is 18.2 Å². The first-order chi connectivity index (χ1) is 9.08. The highest BCUT2D eigenvalue weighted by atomic mass is 35.5. The van der Waals surface area contributed by atoms with Gasteiger partial charge in [0.2, 0.25) is 5.91 Å². The van der Waals surface area contributed by atoms with E-state index in [1.54, 1.807) is 17.0 Å². The predicted octanol–water partition coefficient (Wildman–Crippen LogP) is 2.93. The summed E-state index contributed by atoms with van der Waals surface area (Å²) in [5, 5.41) is 0.671. The lowest BCUT2D eigenvalue weighted by atomic mass is 10.1. The average molecular weight is 279 g/mol. The Morgan fingerprint density at radius 3 is 2.79 bits per heavy atom. The molecule has 0 spiro atoms. The molecule has 19 heavy (non-hydrogen) atoms. The molecular formula is C15H19ClN2O. The highest BCUT2D eigenvalue weighted by Crippen LogP contribution is 2.58. The van der Waals surface area contributed by atoms with E-state index in [2.05, 4.69) is 0 Å². The first kappa shape index (κ1) is 12.8. The smallest absolute Gasteiger partial charge is 0.226 e. The largest absolute Gasteiger partial charge is 0.399 e. The van der Waals surface area contributed by atoms with Crippen molar-refractivity contribution < 1.29 is 4.79 Å². The zero-order valence-electron chi connectivity index (χ0n) is 11.1. The summed E-state index contributed by atoms with van der Waals surface area (Å²) in [6, 6.07) is 5.41. The van der Waals surface area contributed by atoms with Crippen molar-refractivity contribution in [3.05, 3.63) is 28.8 Å². The van der Waals surface area contributed by atoms with Crippen LogP contribution in [0.5, 0.6) is 0 Å². The summed E-state index contributed by atoms with van der Waals surface area (Å²) in [6.07, 6.45) is 3.76. The number of hydrogen-bond donors (Lipinski definition) is 1. The topological polar surface area (TPSA) is 46.3 Å². The Kier molecular flexibility index (Phi) is 3.17. The number of nitrogen functional groups attached to an aromatic ring is 1. The minimum Gasteiger partial charge on any atom is -0.399 e. The van der Waals surface area contributed by atoms with Gasteiger partial charge in [0.25, 0.3) is 0 Å². The first-order valence-corrected chi connectivity index (χ1v) is 7.24. The molecule has 2 atom stereocenters. The zero-order chi connectivity index (χ0) is 13.6. The lowest BCUT2D eigenvalue weighted by Crippen LogP contribution is -2.29. The number of amides is 1. The molecule has 0 aromatic heterocycles. The predicted molar refractivity (Wildman–Crippen MR) is 76.7 cm³/mol. The third-order valence-electron chi connectivity index (χ3n) is 4.55. The third kappa shape index (κ3) is 2.32. The quantitative estimate of drug-likeness (QED) is 0.864. The summed E-state index contributed by atoms with van der Waals surface area (Å²) < 4.78 is 0. The highest BCUT2D eigenvalue weighted by Gasteiger charge is 2.57. The van der Waals surface area contributed by atoms with Gasteiger partial charge in [-0.15, -0.1) is 0 Å². The Morgan fingerprint density at radius 1 is 1.42 bits per heavy atom. The number of nitrogens with zero attached hydrogens (tertiary/aromatic N) is 1. The van der Waals surface area contributed by atoms with Gasteiger partial charge in [0, 0.05) is 30.2 Å². The second-order valence-corrected chi connectivity index (χ2v) is 6.24. The van der Waals surface area contributed by atoms with Crippen LogP contribution in [0.3, 0.4) is 0 Å². The van der Waals surface area contributed by atoms with Gasteiger partial charge in [0.15, 0.2) is 0 Å². The second-order valence-electron chi connectivity index (χ2n) is 5.83. The van der Waals surface area contributed by atoms with Gasteiger partial charge >= 0.3 is 0 Å². The molecule has 1 aromatic rings. The van der Waals surface area contributed by atoms with Crippen molar-refractivity contribution in [2.45, 2.75) is 25.8 Å². The second kappa shape index (κ2) is 4.71. The molecule has 0 bridgehead atoms. The van der Waals surface area contributed by atoms with Gasteiger partial charge in [0.1, 0.15) is 0 Å². The number of carbonyl (C=O) groups is 1. The Bertz CT molecular complexity index is 507. The number of fused-ring (bicyclic) bond motifs is 1. The van der Waals surface area contributed by atoms with Crippen LogP contribution in [0.1, 0.15) is 24.8 Å². The molecule has 3 rings (SSSR count). The molecule has 1 amide bonds. The Labute approximate surface area is 118 Å². The number of hydrogen-bond acceptors (Lipinski definition) is 2. The maximum atomic E-state index is 12.4. The van der Waals surface area contributed by atoms with Gasteiger partial charge < -0.3 is 10.6 Å². The lowest BCUT2D eigenvalue weighted by Gasteiger charge is -2.19. The van der Waals surface area contributed by atoms with Crippen molar-refractivity contribution in [3.63, 3.8) is 0 Å².